The molecule has 0 saturated heterocycles. The van der Waals surface area contributed by atoms with Crippen molar-refractivity contribution in [3.05, 3.63) is 47.8 Å². The molecule has 0 saturated carbocycles. The first kappa shape index (κ1) is 12.6. The Labute approximate surface area is 107 Å². The Morgan fingerprint density at radius 2 is 2.22 bits per heavy atom. The molecule has 2 rings (SSSR count). The molecule has 0 bridgehead atoms. The van der Waals surface area contributed by atoms with E-state index >= 15 is 0 Å². The normalized spacial score (nSPS) is 12.4. The number of rotatable bonds is 5. The predicted molar refractivity (Wildman–Crippen MR) is 69.5 cm³/mol. The molecule has 0 aliphatic rings. The highest BCUT2D eigenvalue weighted by Gasteiger charge is 2.10. The number of aliphatic hydroxyl groups is 1. The summed E-state index contributed by atoms with van der Waals surface area (Å²) in [6, 6.07) is 9.69. The number of ether oxygens (including phenoxy) is 1. The standard InChI is InChI=1S/C14H18N2O2/c1-11-4-3-5-12(10-11)18-9-7-14(17)13-6-8-16(2)15-13/h3-6,8,10,14,17H,7,9H2,1-2H3. The molecule has 0 radical (unpaired) electrons. The maximum Gasteiger partial charge on any atom is 0.119 e. The Balaban J connectivity index is 1.82. The van der Waals surface area contributed by atoms with Crippen LogP contribution in [0.3, 0.4) is 0 Å². The van der Waals surface area contributed by atoms with E-state index < -0.39 is 6.10 Å². The van der Waals surface area contributed by atoms with Crippen molar-refractivity contribution < 1.29 is 9.84 Å². The summed E-state index contributed by atoms with van der Waals surface area (Å²) in [6.45, 7) is 2.50. The third kappa shape index (κ3) is 3.34. The summed E-state index contributed by atoms with van der Waals surface area (Å²) < 4.78 is 7.27. The second-order valence-corrected chi connectivity index (χ2v) is 4.38. The van der Waals surface area contributed by atoms with E-state index in [9.17, 15) is 5.11 Å². The van der Waals surface area contributed by atoms with Crippen LogP contribution in [0.4, 0.5) is 0 Å². The Morgan fingerprint density at radius 3 is 2.89 bits per heavy atom. The molecule has 4 heteroatoms. The van der Waals surface area contributed by atoms with Gasteiger partial charge in [0.05, 0.1) is 12.3 Å². The van der Waals surface area contributed by atoms with Crippen LogP contribution in [0, 0.1) is 6.92 Å². The zero-order valence-corrected chi connectivity index (χ0v) is 10.7. The second-order valence-electron chi connectivity index (χ2n) is 4.38. The van der Waals surface area contributed by atoms with Gasteiger partial charge in [0.15, 0.2) is 0 Å². The molecule has 1 heterocycles. The van der Waals surface area contributed by atoms with Crippen molar-refractivity contribution in [3.8, 4) is 5.75 Å². The van der Waals surface area contributed by atoms with E-state index in [1.165, 1.54) is 0 Å². The van der Waals surface area contributed by atoms with Crippen molar-refractivity contribution in [2.75, 3.05) is 6.61 Å². The number of hydrogen-bond acceptors (Lipinski definition) is 3. The van der Waals surface area contributed by atoms with Crippen LogP contribution in [-0.4, -0.2) is 21.5 Å². The van der Waals surface area contributed by atoms with E-state index in [0.717, 1.165) is 11.3 Å². The van der Waals surface area contributed by atoms with E-state index in [4.69, 9.17) is 4.74 Å². The van der Waals surface area contributed by atoms with Crippen LogP contribution in [-0.2, 0) is 7.05 Å². The number of hydrogen-bond donors (Lipinski definition) is 1. The lowest BCUT2D eigenvalue weighted by Crippen LogP contribution is -2.06. The van der Waals surface area contributed by atoms with Crippen LogP contribution in [0.25, 0.3) is 0 Å². The first-order chi connectivity index (χ1) is 8.65. The van der Waals surface area contributed by atoms with E-state index in [1.54, 1.807) is 4.68 Å². The van der Waals surface area contributed by atoms with Crippen LogP contribution in [0.15, 0.2) is 36.5 Å². The highest BCUT2D eigenvalue weighted by Crippen LogP contribution is 2.16. The lowest BCUT2D eigenvalue weighted by Gasteiger charge is -2.10. The summed E-state index contributed by atoms with van der Waals surface area (Å²) in [5, 5.41) is 14.1. The quantitative estimate of drug-likeness (QED) is 0.880. The van der Waals surface area contributed by atoms with Gasteiger partial charge in [-0.3, -0.25) is 4.68 Å². The Hall–Kier alpha value is -1.81. The third-order valence-corrected chi connectivity index (χ3v) is 2.73. The molecule has 1 atom stereocenters. The summed E-state index contributed by atoms with van der Waals surface area (Å²) in [5.41, 5.74) is 1.85. The molecule has 96 valence electrons. The van der Waals surface area contributed by atoms with Crippen LogP contribution in [0.5, 0.6) is 5.75 Å². The van der Waals surface area contributed by atoms with Gasteiger partial charge in [0.1, 0.15) is 11.9 Å². The molecular formula is C14H18N2O2. The van der Waals surface area contributed by atoms with Gasteiger partial charge in [0, 0.05) is 19.7 Å². The summed E-state index contributed by atoms with van der Waals surface area (Å²) in [7, 11) is 1.83. The summed E-state index contributed by atoms with van der Waals surface area (Å²) >= 11 is 0. The molecule has 0 aliphatic carbocycles. The predicted octanol–water partition coefficient (Wildman–Crippen LogP) is 2.23. The molecule has 1 aromatic heterocycles. The molecule has 0 aliphatic heterocycles. The second kappa shape index (κ2) is 5.69. The van der Waals surface area contributed by atoms with Crippen LogP contribution in [0.1, 0.15) is 23.8 Å². The largest absolute Gasteiger partial charge is 0.493 e. The summed E-state index contributed by atoms with van der Waals surface area (Å²) in [5.74, 6) is 0.836. The monoisotopic (exact) mass is 246 g/mol. The third-order valence-electron chi connectivity index (χ3n) is 2.73. The Kier molecular flexibility index (Phi) is 3.99. The fourth-order valence-electron chi connectivity index (χ4n) is 1.75. The highest BCUT2D eigenvalue weighted by molar-refractivity contribution is 5.27. The molecule has 1 unspecified atom stereocenters. The van der Waals surface area contributed by atoms with Crippen molar-refractivity contribution in [1.29, 1.82) is 0 Å². The lowest BCUT2D eigenvalue weighted by molar-refractivity contribution is 0.136. The molecular weight excluding hydrogens is 228 g/mol. The minimum Gasteiger partial charge on any atom is -0.493 e. The van der Waals surface area contributed by atoms with Gasteiger partial charge in [0.2, 0.25) is 0 Å². The van der Waals surface area contributed by atoms with E-state index in [2.05, 4.69) is 5.10 Å². The van der Waals surface area contributed by atoms with Gasteiger partial charge in [-0.2, -0.15) is 5.10 Å². The molecule has 18 heavy (non-hydrogen) atoms. The first-order valence-corrected chi connectivity index (χ1v) is 6.02. The van der Waals surface area contributed by atoms with E-state index in [1.807, 2.05) is 50.5 Å². The highest BCUT2D eigenvalue weighted by atomic mass is 16.5. The Morgan fingerprint density at radius 1 is 1.39 bits per heavy atom. The van der Waals surface area contributed by atoms with Crippen molar-refractivity contribution in [3.63, 3.8) is 0 Å². The Bertz CT molecular complexity index is 508. The summed E-state index contributed by atoms with van der Waals surface area (Å²) in [6.07, 6.45) is 1.78. The van der Waals surface area contributed by atoms with Crippen LogP contribution >= 0.6 is 0 Å². The van der Waals surface area contributed by atoms with Gasteiger partial charge < -0.3 is 9.84 Å². The van der Waals surface area contributed by atoms with Gasteiger partial charge in [0.25, 0.3) is 0 Å². The molecule has 0 fully saturated rings. The number of aromatic nitrogens is 2. The van der Waals surface area contributed by atoms with Gasteiger partial charge in [-0.15, -0.1) is 0 Å². The van der Waals surface area contributed by atoms with E-state index in [0.29, 0.717) is 18.7 Å². The molecule has 0 amide bonds. The molecule has 1 N–H and O–H groups in total. The molecule has 4 nitrogen and oxygen atoms in total. The smallest absolute Gasteiger partial charge is 0.119 e. The van der Waals surface area contributed by atoms with Crippen molar-refractivity contribution in [1.82, 2.24) is 9.78 Å². The lowest BCUT2D eigenvalue weighted by atomic mass is 10.2. The van der Waals surface area contributed by atoms with Crippen molar-refractivity contribution >= 4 is 0 Å². The maximum atomic E-state index is 9.91. The van der Waals surface area contributed by atoms with Gasteiger partial charge in [-0.25, -0.2) is 0 Å². The minimum absolute atomic E-state index is 0.473. The van der Waals surface area contributed by atoms with E-state index in [-0.39, 0.29) is 0 Å². The molecule has 2 aromatic rings. The van der Waals surface area contributed by atoms with Gasteiger partial charge in [-0.1, -0.05) is 12.1 Å². The number of aliphatic hydroxyl groups excluding tert-OH is 1. The number of aryl methyl sites for hydroxylation is 2. The van der Waals surface area contributed by atoms with Gasteiger partial charge >= 0.3 is 0 Å². The van der Waals surface area contributed by atoms with Gasteiger partial charge in [-0.05, 0) is 30.7 Å². The average molecular weight is 246 g/mol. The fraction of sp³-hybridized carbons (Fsp3) is 0.357. The number of benzene rings is 1. The summed E-state index contributed by atoms with van der Waals surface area (Å²) in [4.78, 5) is 0. The first-order valence-electron chi connectivity index (χ1n) is 6.02. The SMILES string of the molecule is Cc1cccc(OCCC(O)c2ccn(C)n2)c1. The molecule has 0 spiro atoms. The topological polar surface area (TPSA) is 47.3 Å². The molecule has 1 aromatic carbocycles. The minimum atomic E-state index is -0.573. The van der Waals surface area contributed by atoms with Crippen molar-refractivity contribution in [2.45, 2.75) is 19.4 Å². The van der Waals surface area contributed by atoms with Crippen LogP contribution < -0.4 is 4.74 Å². The zero-order valence-electron chi connectivity index (χ0n) is 10.7. The maximum absolute atomic E-state index is 9.91. The number of nitrogens with zero attached hydrogens (tertiary/aromatic N) is 2. The average Bonchev–Trinajstić information content (AvgIpc) is 2.76. The zero-order chi connectivity index (χ0) is 13.0. The van der Waals surface area contributed by atoms with Crippen molar-refractivity contribution in [2.24, 2.45) is 7.05 Å². The fourth-order valence-corrected chi connectivity index (χ4v) is 1.75. The van der Waals surface area contributed by atoms with Crippen LogP contribution in [0.2, 0.25) is 0 Å².